The average molecular weight is 530 g/mol. The van der Waals surface area contributed by atoms with Crippen molar-refractivity contribution in [3.63, 3.8) is 0 Å². The van der Waals surface area contributed by atoms with Gasteiger partial charge in [0.15, 0.2) is 11.5 Å². The van der Waals surface area contributed by atoms with Crippen LogP contribution < -0.4 is 28.6 Å². The molecule has 5 rings (SSSR count). The smallest absolute Gasteiger partial charge is 1.00 e. The highest BCUT2D eigenvalue weighted by Gasteiger charge is 2.36. The molecule has 0 atom stereocenters. The molecule has 194 valence electrons. The average Bonchev–Trinajstić information content (AvgIpc) is 3.09. The number of aromatic nitrogens is 5. The number of rotatable bonds is 6. The third-order valence-corrected chi connectivity index (χ3v) is 5.97. The zero-order valence-electron chi connectivity index (χ0n) is 21.2. The predicted molar refractivity (Wildman–Crippen MR) is 133 cm³/mol. The van der Waals surface area contributed by atoms with E-state index in [0.29, 0.717) is 35.0 Å². The number of hydrogen-bond acceptors (Lipinski definition) is 7. The van der Waals surface area contributed by atoms with Gasteiger partial charge in [-0.1, -0.05) is 18.2 Å². The number of fused-ring (bicyclic) bond motifs is 2. The molecule has 1 aliphatic rings. The molecule has 9 nitrogen and oxygen atoms in total. The van der Waals surface area contributed by atoms with E-state index in [9.17, 15) is 18.7 Å². The van der Waals surface area contributed by atoms with Crippen LogP contribution in [-0.2, 0) is 24.6 Å². The van der Waals surface area contributed by atoms with Crippen molar-refractivity contribution in [2.24, 2.45) is 0 Å². The molecule has 0 saturated heterocycles. The molecular formula is C25H26ClF2N7O2. The van der Waals surface area contributed by atoms with Crippen molar-refractivity contribution in [2.75, 3.05) is 11.9 Å². The summed E-state index contributed by atoms with van der Waals surface area (Å²) in [5.74, 6) is -2.37. The summed E-state index contributed by atoms with van der Waals surface area (Å²) in [6, 6.07) is 9.73. The van der Waals surface area contributed by atoms with E-state index in [-0.39, 0.29) is 42.8 Å². The first-order valence-electron chi connectivity index (χ1n) is 11.4. The van der Waals surface area contributed by atoms with Crippen LogP contribution in [0.25, 0.3) is 16.9 Å². The van der Waals surface area contributed by atoms with Crippen LogP contribution in [0.3, 0.4) is 0 Å². The van der Waals surface area contributed by atoms with E-state index < -0.39 is 18.1 Å². The summed E-state index contributed by atoms with van der Waals surface area (Å²) in [5, 5.41) is 16.5. The predicted octanol–water partition coefficient (Wildman–Crippen LogP) is 0.446. The molecule has 1 aliphatic heterocycles. The van der Waals surface area contributed by atoms with E-state index >= 15 is 0 Å². The monoisotopic (exact) mass is 529 g/mol. The van der Waals surface area contributed by atoms with Gasteiger partial charge in [0, 0.05) is 24.0 Å². The highest BCUT2D eigenvalue weighted by molar-refractivity contribution is 5.77. The van der Waals surface area contributed by atoms with Crippen molar-refractivity contribution >= 4 is 22.7 Å². The summed E-state index contributed by atoms with van der Waals surface area (Å²) in [6.07, 6.45) is 3.00. The summed E-state index contributed by atoms with van der Waals surface area (Å²) < 4.78 is 31.3. The Labute approximate surface area is 218 Å². The topological polar surface area (TPSA) is 110 Å². The van der Waals surface area contributed by atoms with E-state index in [4.69, 9.17) is 0 Å². The van der Waals surface area contributed by atoms with Gasteiger partial charge in [-0.3, -0.25) is 4.79 Å². The molecule has 37 heavy (non-hydrogen) atoms. The van der Waals surface area contributed by atoms with Gasteiger partial charge < -0.3 is 28.1 Å². The number of anilines is 2. The molecule has 0 unspecified atom stereocenters. The summed E-state index contributed by atoms with van der Waals surface area (Å²) in [4.78, 5) is 26.5. The highest BCUT2D eigenvalue weighted by Crippen LogP contribution is 2.34. The maximum absolute atomic E-state index is 14.2. The van der Waals surface area contributed by atoms with Crippen LogP contribution in [0.4, 0.5) is 20.4 Å². The van der Waals surface area contributed by atoms with Gasteiger partial charge in [0.1, 0.15) is 11.0 Å². The molecule has 3 aromatic heterocycles. The quantitative estimate of drug-likeness (QED) is 0.311. The molecule has 4 aromatic rings. The second-order valence-corrected chi connectivity index (χ2v) is 9.16. The van der Waals surface area contributed by atoms with Crippen LogP contribution in [0.15, 0.2) is 60.0 Å². The fourth-order valence-electron chi connectivity index (χ4n) is 4.24. The van der Waals surface area contributed by atoms with Crippen molar-refractivity contribution in [1.29, 1.82) is 0 Å². The van der Waals surface area contributed by atoms with E-state index in [2.05, 4.69) is 32.2 Å². The number of halogens is 3. The first-order valence-corrected chi connectivity index (χ1v) is 11.4. The summed E-state index contributed by atoms with van der Waals surface area (Å²) in [5.41, 5.74) is 0.221. The largest absolute Gasteiger partial charge is 1.00 e. The van der Waals surface area contributed by atoms with Gasteiger partial charge in [-0.2, -0.15) is 13.8 Å². The minimum Gasteiger partial charge on any atom is -1.00 e. The first kappa shape index (κ1) is 26.4. The molecule has 3 N–H and O–H groups in total. The summed E-state index contributed by atoms with van der Waals surface area (Å²) in [7, 11) is 0. The number of aliphatic hydroxyl groups is 1. The Hall–Kier alpha value is -3.67. The van der Waals surface area contributed by atoms with Gasteiger partial charge in [-0.15, -0.1) is 6.58 Å². The number of alkyl halides is 2. The van der Waals surface area contributed by atoms with Crippen molar-refractivity contribution < 1.29 is 27.7 Å². The summed E-state index contributed by atoms with van der Waals surface area (Å²) >= 11 is 0. The maximum atomic E-state index is 14.2. The molecule has 4 heterocycles. The Morgan fingerprint density at radius 1 is 1.30 bits per heavy atom. The van der Waals surface area contributed by atoms with Crippen LogP contribution in [0, 0.1) is 0 Å². The van der Waals surface area contributed by atoms with Gasteiger partial charge >= 0.3 is 1.43 Å². The van der Waals surface area contributed by atoms with Crippen molar-refractivity contribution in [3.05, 3.63) is 82.4 Å². The lowest BCUT2D eigenvalue weighted by atomic mass is 9.97. The first-order chi connectivity index (χ1) is 17.1. The number of allylic oxidation sites excluding steroid dienone is 1. The molecular weight excluding hydrogens is 504 g/mol. The molecule has 0 amide bonds. The third kappa shape index (κ3) is 4.85. The molecule has 0 saturated carbocycles. The van der Waals surface area contributed by atoms with Gasteiger partial charge in [-0.05, 0) is 43.7 Å². The van der Waals surface area contributed by atoms with Crippen LogP contribution in [0.5, 0.6) is 0 Å². The van der Waals surface area contributed by atoms with Crippen LogP contribution in [0.2, 0.25) is 0 Å². The number of nitrogens with zero attached hydrogens (tertiary/aromatic N) is 5. The zero-order valence-corrected chi connectivity index (χ0v) is 20.9. The minimum atomic E-state index is -2.93. The lowest BCUT2D eigenvalue weighted by Crippen LogP contribution is -3.00. The lowest BCUT2D eigenvalue weighted by molar-refractivity contribution is -0.0108. The second-order valence-electron chi connectivity index (χ2n) is 9.16. The number of nitrogens with one attached hydrogen (secondary N) is 2. The number of benzene rings is 1. The Balaban J connectivity index is 0.00000200. The van der Waals surface area contributed by atoms with Crippen LogP contribution in [0.1, 0.15) is 32.1 Å². The second kappa shape index (κ2) is 9.66. The van der Waals surface area contributed by atoms with Crippen LogP contribution in [-0.4, -0.2) is 36.0 Å². The number of pyridine rings is 1. The SMILES string of the molecule is C=CCn1c(=O)c2cnc(Nc3ccc4c(c3)CNCC4(F)F)nc2n1-c1cccc(C(C)(C)O)n1.[Cl-].[H+]. The van der Waals surface area contributed by atoms with Crippen molar-refractivity contribution in [3.8, 4) is 5.82 Å². The van der Waals surface area contributed by atoms with E-state index in [1.807, 2.05) is 0 Å². The van der Waals surface area contributed by atoms with Gasteiger partial charge in [0.05, 0.1) is 18.8 Å². The lowest BCUT2D eigenvalue weighted by Gasteiger charge is -2.26. The van der Waals surface area contributed by atoms with Gasteiger partial charge in [0.25, 0.3) is 11.5 Å². The Bertz CT molecular complexity index is 1550. The molecule has 0 radical (unpaired) electrons. The summed E-state index contributed by atoms with van der Waals surface area (Å²) in [6.45, 7) is 7.11. The van der Waals surface area contributed by atoms with Gasteiger partial charge in [0.2, 0.25) is 5.95 Å². The molecule has 0 spiro atoms. The molecule has 12 heteroatoms. The van der Waals surface area contributed by atoms with Crippen molar-refractivity contribution in [1.82, 2.24) is 29.6 Å². The minimum absolute atomic E-state index is 0. The normalized spacial score (nSPS) is 14.6. The Morgan fingerprint density at radius 2 is 2.08 bits per heavy atom. The zero-order chi connectivity index (χ0) is 25.7. The number of hydrogen-bond donors (Lipinski definition) is 3. The van der Waals surface area contributed by atoms with Crippen LogP contribution >= 0.6 is 0 Å². The van der Waals surface area contributed by atoms with Crippen molar-refractivity contribution in [2.45, 2.75) is 38.5 Å². The fourth-order valence-corrected chi connectivity index (χ4v) is 4.24. The molecule has 0 fully saturated rings. The third-order valence-electron chi connectivity index (χ3n) is 5.97. The van der Waals surface area contributed by atoms with Gasteiger partial charge in [-0.25, -0.2) is 19.3 Å². The fraction of sp³-hybridized carbons (Fsp3) is 0.280. The Kier molecular flexibility index (Phi) is 6.89. The Morgan fingerprint density at radius 3 is 2.81 bits per heavy atom. The van der Waals surface area contributed by atoms with E-state index in [1.54, 1.807) is 54.9 Å². The standard InChI is InChI=1S/C25H25F2N7O2.ClH/c1-4-10-33-22(35)17-13-29-23(30-16-8-9-18-15(11-16)12-28-14-25(18,26)27)32-21(17)34(33)20-7-5-6-19(31-20)24(2,3)36;/h4-9,11,13,28,36H,1,10,12,14H2,2-3H3,(H,29,30,32);1H. The van der Waals surface area contributed by atoms with E-state index in [1.165, 1.54) is 16.9 Å². The van der Waals surface area contributed by atoms with E-state index in [0.717, 1.165) is 0 Å². The maximum Gasteiger partial charge on any atom is 1.00 e. The molecule has 1 aromatic carbocycles. The molecule has 0 bridgehead atoms. The molecule has 0 aliphatic carbocycles. The highest BCUT2D eigenvalue weighted by atomic mass is 35.5.